The van der Waals surface area contributed by atoms with Crippen LogP contribution in [-0.2, 0) is 0 Å². The molecule has 0 aliphatic carbocycles. The van der Waals surface area contributed by atoms with Crippen molar-refractivity contribution in [3.8, 4) is 11.8 Å². The van der Waals surface area contributed by atoms with E-state index in [9.17, 15) is 4.79 Å². The second-order valence-electron chi connectivity index (χ2n) is 4.11. The fourth-order valence-electron chi connectivity index (χ4n) is 1.64. The fraction of sp³-hybridized carbons (Fsp3) is 0.0625. The maximum absolute atomic E-state index is 12.1. The highest BCUT2D eigenvalue weighted by Crippen LogP contribution is 2.15. The lowest BCUT2D eigenvalue weighted by Gasteiger charge is -2.03. The van der Waals surface area contributed by atoms with Crippen LogP contribution in [0, 0.1) is 11.3 Å². The number of hydrazone groups is 1. The number of nitrogens with one attached hydrogen (secondary N) is 1. The predicted molar refractivity (Wildman–Crippen MR) is 80.4 cm³/mol. The summed E-state index contributed by atoms with van der Waals surface area (Å²) in [5.41, 5.74) is 3.57. The van der Waals surface area contributed by atoms with E-state index in [-0.39, 0.29) is 5.71 Å². The van der Waals surface area contributed by atoms with Crippen molar-refractivity contribution < 1.29 is 9.53 Å². The number of hydrogen-bond acceptors (Lipinski definition) is 5. The van der Waals surface area contributed by atoms with E-state index >= 15 is 0 Å². The summed E-state index contributed by atoms with van der Waals surface area (Å²) >= 11 is 0. The first kappa shape index (κ1) is 14.3. The van der Waals surface area contributed by atoms with E-state index in [0.29, 0.717) is 17.0 Å². The Labute approximate surface area is 122 Å². The minimum Gasteiger partial charge on any atom is -0.497 e. The lowest BCUT2D eigenvalue weighted by Crippen LogP contribution is -2.14. The number of hydrogen-bond donors (Lipinski definition) is 1. The summed E-state index contributed by atoms with van der Waals surface area (Å²) in [6.45, 7) is 0. The number of Topliss-reactive ketones (excluding diaryl/α,β-unsaturated/α-hetero) is 1. The molecule has 1 N–H and O–H groups in total. The van der Waals surface area contributed by atoms with Gasteiger partial charge in [-0.15, -0.1) is 0 Å². The van der Waals surface area contributed by atoms with Crippen molar-refractivity contribution in [2.24, 2.45) is 5.10 Å². The Kier molecular flexibility index (Phi) is 4.67. The lowest BCUT2D eigenvalue weighted by atomic mass is 10.1. The van der Waals surface area contributed by atoms with E-state index in [1.807, 2.05) is 0 Å². The van der Waals surface area contributed by atoms with Crippen molar-refractivity contribution in [1.29, 1.82) is 5.26 Å². The Balaban J connectivity index is 2.13. The van der Waals surface area contributed by atoms with Crippen LogP contribution in [0.15, 0.2) is 59.7 Å². The molecule has 0 fully saturated rings. The highest BCUT2D eigenvalue weighted by molar-refractivity contribution is 6.51. The van der Waals surface area contributed by atoms with Gasteiger partial charge < -0.3 is 4.74 Å². The van der Waals surface area contributed by atoms with Gasteiger partial charge in [-0.05, 0) is 24.3 Å². The molecule has 104 valence electrons. The van der Waals surface area contributed by atoms with Gasteiger partial charge in [-0.1, -0.05) is 30.3 Å². The number of anilines is 1. The van der Waals surface area contributed by atoms with Crippen LogP contribution in [-0.4, -0.2) is 18.6 Å². The van der Waals surface area contributed by atoms with Gasteiger partial charge in [0, 0.05) is 5.56 Å². The third-order valence-corrected chi connectivity index (χ3v) is 2.74. The van der Waals surface area contributed by atoms with Gasteiger partial charge >= 0.3 is 0 Å². The molecular weight excluding hydrogens is 266 g/mol. The van der Waals surface area contributed by atoms with Crippen LogP contribution in [0.3, 0.4) is 0 Å². The van der Waals surface area contributed by atoms with Gasteiger partial charge in [-0.3, -0.25) is 10.2 Å². The third kappa shape index (κ3) is 3.67. The molecular formula is C16H13N3O2. The van der Waals surface area contributed by atoms with E-state index in [4.69, 9.17) is 10.00 Å². The monoisotopic (exact) mass is 279 g/mol. The first-order valence-corrected chi connectivity index (χ1v) is 6.22. The molecule has 0 saturated carbocycles. The van der Waals surface area contributed by atoms with Gasteiger partial charge in [0.25, 0.3) is 0 Å². The van der Waals surface area contributed by atoms with Crippen LogP contribution >= 0.6 is 0 Å². The van der Waals surface area contributed by atoms with Crippen molar-refractivity contribution in [3.63, 3.8) is 0 Å². The van der Waals surface area contributed by atoms with E-state index in [1.54, 1.807) is 67.8 Å². The maximum Gasteiger partial charge on any atom is 0.223 e. The number of carbonyl (C=O) groups excluding carboxylic acids is 1. The second kappa shape index (κ2) is 6.87. The molecule has 0 amide bonds. The van der Waals surface area contributed by atoms with E-state index in [1.165, 1.54) is 0 Å². The summed E-state index contributed by atoms with van der Waals surface area (Å²) in [4.78, 5) is 12.1. The SMILES string of the molecule is COc1ccc(NN=C(C#N)C(=O)c2ccccc2)cc1. The molecule has 0 aliphatic rings. The van der Waals surface area contributed by atoms with Crippen LogP contribution in [0.4, 0.5) is 5.69 Å². The van der Waals surface area contributed by atoms with Crippen LogP contribution in [0.5, 0.6) is 5.75 Å². The van der Waals surface area contributed by atoms with Crippen molar-refractivity contribution in [2.75, 3.05) is 12.5 Å². The molecule has 2 aromatic rings. The Morgan fingerprint density at radius 3 is 2.38 bits per heavy atom. The molecule has 0 aromatic heterocycles. The average Bonchev–Trinajstić information content (AvgIpc) is 2.56. The zero-order valence-corrected chi connectivity index (χ0v) is 11.4. The quantitative estimate of drug-likeness (QED) is 0.519. The van der Waals surface area contributed by atoms with Crippen molar-refractivity contribution in [2.45, 2.75) is 0 Å². The number of ketones is 1. The number of nitriles is 1. The standard InChI is InChI=1S/C16H13N3O2/c1-21-14-9-7-13(8-10-14)18-19-15(11-17)16(20)12-5-3-2-4-6-12/h2-10,18H,1H3. The molecule has 5 heteroatoms. The molecule has 0 atom stereocenters. The number of ether oxygens (including phenoxy) is 1. The molecule has 2 rings (SSSR count). The summed E-state index contributed by atoms with van der Waals surface area (Å²) in [6.07, 6.45) is 0. The molecule has 0 bridgehead atoms. The summed E-state index contributed by atoms with van der Waals surface area (Å²) < 4.78 is 5.04. The first-order valence-electron chi connectivity index (χ1n) is 6.22. The Hall–Kier alpha value is -3.13. The van der Waals surface area contributed by atoms with Gasteiger partial charge in [-0.25, -0.2) is 0 Å². The first-order chi connectivity index (χ1) is 10.2. The summed E-state index contributed by atoms with van der Waals surface area (Å²) in [5.74, 6) is 0.296. The molecule has 2 aromatic carbocycles. The number of methoxy groups -OCH3 is 1. The Bertz CT molecular complexity index is 686. The van der Waals surface area contributed by atoms with Crippen LogP contribution in [0.25, 0.3) is 0 Å². The molecule has 5 nitrogen and oxygen atoms in total. The number of benzene rings is 2. The Morgan fingerprint density at radius 1 is 1.14 bits per heavy atom. The molecule has 0 saturated heterocycles. The average molecular weight is 279 g/mol. The Morgan fingerprint density at radius 2 is 1.81 bits per heavy atom. The van der Waals surface area contributed by atoms with Gasteiger partial charge in [0.1, 0.15) is 11.8 Å². The molecule has 0 spiro atoms. The topological polar surface area (TPSA) is 74.5 Å². The van der Waals surface area contributed by atoms with Gasteiger partial charge in [-0.2, -0.15) is 10.4 Å². The minimum atomic E-state index is -0.417. The third-order valence-electron chi connectivity index (χ3n) is 2.74. The van der Waals surface area contributed by atoms with E-state index in [0.717, 1.165) is 0 Å². The highest BCUT2D eigenvalue weighted by atomic mass is 16.5. The highest BCUT2D eigenvalue weighted by Gasteiger charge is 2.13. The second-order valence-corrected chi connectivity index (χ2v) is 4.11. The van der Waals surface area contributed by atoms with Crippen molar-refractivity contribution in [1.82, 2.24) is 0 Å². The zero-order valence-electron chi connectivity index (χ0n) is 11.4. The smallest absolute Gasteiger partial charge is 0.223 e. The van der Waals surface area contributed by atoms with Crippen LogP contribution in [0.1, 0.15) is 10.4 Å². The molecule has 0 heterocycles. The maximum atomic E-state index is 12.1. The van der Waals surface area contributed by atoms with Crippen LogP contribution < -0.4 is 10.2 Å². The summed E-state index contributed by atoms with van der Waals surface area (Å²) in [5, 5.41) is 12.9. The van der Waals surface area contributed by atoms with E-state index in [2.05, 4.69) is 10.5 Å². The minimum absolute atomic E-state index is 0.197. The van der Waals surface area contributed by atoms with Crippen molar-refractivity contribution in [3.05, 3.63) is 60.2 Å². The van der Waals surface area contributed by atoms with Crippen LogP contribution in [0.2, 0.25) is 0 Å². The largest absolute Gasteiger partial charge is 0.497 e. The molecule has 0 radical (unpaired) electrons. The number of nitrogens with zero attached hydrogens (tertiary/aromatic N) is 2. The predicted octanol–water partition coefficient (Wildman–Crippen LogP) is 2.87. The van der Waals surface area contributed by atoms with Gasteiger partial charge in [0.15, 0.2) is 0 Å². The van der Waals surface area contributed by atoms with E-state index < -0.39 is 5.78 Å². The zero-order chi connectivity index (χ0) is 15.1. The van der Waals surface area contributed by atoms with Crippen molar-refractivity contribution >= 4 is 17.2 Å². The number of rotatable bonds is 5. The fourth-order valence-corrected chi connectivity index (χ4v) is 1.64. The molecule has 21 heavy (non-hydrogen) atoms. The summed E-state index contributed by atoms with van der Waals surface area (Å²) in [6, 6.07) is 17.3. The molecule has 0 aliphatic heterocycles. The van der Waals surface area contributed by atoms with Gasteiger partial charge in [0.2, 0.25) is 11.5 Å². The normalized spacial score (nSPS) is 10.6. The molecule has 0 unspecified atom stereocenters. The summed E-state index contributed by atoms with van der Waals surface area (Å²) in [7, 11) is 1.58. The van der Waals surface area contributed by atoms with Gasteiger partial charge in [0.05, 0.1) is 12.8 Å². The number of carbonyl (C=O) groups is 1. The lowest BCUT2D eigenvalue weighted by molar-refractivity contribution is 0.106.